The molecule has 2 rings (SSSR count). The van der Waals surface area contributed by atoms with Gasteiger partial charge in [0.2, 0.25) is 0 Å². The van der Waals surface area contributed by atoms with E-state index in [0.717, 1.165) is 17.5 Å². The number of rotatable bonds is 1. The third-order valence-corrected chi connectivity index (χ3v) is 5.79. The quantitative estimate of drug-likeness (QED) is 0.430. The van der Waals surface area contributed by atoms with Gasteiger partial charge in [0.25, 0.3) is 0 Å². The van der Waals surface area contributed by atoms with Gasteiger partial charge >= 0.3 is 0 Å². The van der Waals surface area contributed by atoms with Gasteiger partial charge < -0.3 is 5.21 Å². The summed E-state index contributed by atoms with van der Waals surface area (Å²) >= 11 is 3.61. The number of oxime groups is 1. The van der Waals surface area contributed by atoms with Gasteiger partial charge in [0.1, 0.15) is 0 Å². The van der Waals surface area contributed by atoms with E-state index in [-0.39, 0.29) is 5.41 Å². The van der Waals surface area contributed by atoms with Crippen molar-refractivity contribution in [3.05, 3.63) is 0 Å². The van der Waals surface area contributed by atoms with Crippen molar-refractivity contribution in [1.29, 1.82) is 0 Å². The average molecular weight is 246 g/mol. The molecule has 0 aliphatic heterocycles. The van der Waals surface area contributed by atoms with Crippen molar-refractivity contribution < 1.29 is 5.21 Å². The van der Waals surface area contributed by atoms with Gasteiger partial charge in [-0.1, -0.05) is 34.9 Å². The third kappa shape index (κ3) is 0.915. The molecule has 74 valence electrons. The molecule has 0 heterocycles. The highest BCUT2D eigenvalue weighted by molar-refractivity contribution is 9.09. The van der Waals surface area contributed by atoms with E-state index < -0.39 is 0 Å². The molecule has 1 N–H and O–H groups in total. The molecule has 0 spiro atoms. The van der Waals surface area contributed by atoms with Crippen LogP contribution < -0.4 is 0 Å². The largest absolute Gasteiger partial charge is 0.411 e. The van der Waals surface area contributed by atoms with Gasteiger partial charge in [-0.3, -0.25) is 0 Å². The van der Waals surface area contributed by atoms with Crippen LogP contribution in [0, 0.1) is 16.7 Å². The van der Waals surface area contributed by atoms with E-state index in [2.05, 4.69) is 34.9 Å². The SMILES string of the molecule is CC12CCC(CC1=NO)C2(C)CBr. The molecule has 0 saturated heterocycles. The van der Waals surface area contributed by atoms with E-state index >= 15 is 0 Å². The van der Waals surface area contributed by atoms with Crippen LogP contribution >= 0.6 is 15.9 Å². The Balaban J connectivity index is 2.45. The first-order valence-electron chi connectivity index (χ1n) is 4.86. The summed E-state index contributed by atoms with van der Waals surface area (Å²) in [6.45, 7) is 4.56. The van der Waals surface area contributed by atoms with Crippen LogP contribution in [-0.4, -0.2) is 16.2 Å². The van der Waals surface area contributed by atoms with Crippen molar-refractivity contribution in [3.8, 4) is 0 Å². The standard InChI is InChI=1S/C10H16BrNO/c1-9-4-3-7(5-8(9)12-13)10(9,2)6-11/h7,13H,3-6H2,1-2H3. The Morgan fingerprint density at radius 1 is 1.62 bits per heavy atom. The number of hydrogen-bond acceptors (Lipinski definition) is 2. The Morgan fingerprint density at radius 3 is 2.69 bits per heavy atom. The zero-order chi connectivity index (χ0) is 9.69. The van der Waals surface area contributed by atoms with Crippen molar-refractivity contribution in [2.24, 2.45) is 21.9 Å². The Hall–Kier alpha value is -0.0500. The van der Waals surface area contributed by atoms with Crippen LogP contribution in [-0.2, 0) is 0 Å². The molecule has 3 unspecified atom stereocenters. The highest BCUT2D eigenvalue weighted by atomic mass is 79.9. The minimum atomic E-state index is 0.135. The van der Waals surface area contributed by atoms with Gasteiger partial charge in [0.05, 0.1) is 5.71 Å². The van der Waals surface area contributed by atoms with Crippen molar-refractivity contribution in [1.82, 2.24) is 0 Å². The van der Waals surface area contributed by atoms with Crippen LogP contribution in [0.4, 0.5) is 0 Å². The van der Waals surface area contributed by atoms with E-state index in [1.165, 1.54) is 12.8 Å². The van der Waals surface area contributed by atoms with E-state index in [0.29, 0.717) is 11.3 Å². The van der Waals surface area contributed by atoms with Crippen LogP contribution in [0.3, 0.4) is 0 Å². The minimum Gasteiger partial charge on any atom is -0.411 e. The van der Waals surface area contributed by atoms with Gasteiger partial charge in [0, 0.05) is 10.7 Å². The number of alkyl halides is 1. The normalized spacial score (nSPS) is 51.9. The molecule has 0 aromatic heterocycles. The zero-order valence-electron chi connectivity index (χ0n) is 8.18. The molecule has 0 aromatic carbocycles. The Labute approximate surface area is 87.5 Å². The van der Waals surface area contributed by atoms with Crippen molar-refractivity contribution in [3.63, 3.8) is 0 Å². The zero-order valence-corrected chi connectivity index (χ0v) is 9.76. The van der Waals surface area contributed by atoms with Crippen LogP contribution in [0.15, 0.2) is 5.16 Å². The molecule has 2 bridgehead atoms. The van der Waals surface area contributed by atoms with Crippen molar-refractivity contribution in [2.45, 2.75) is 33.1 Å². The summed E-state index contributed by atoms with van der Waals surface area (Å²) in [5, 5.41) is 13.4. The van der Waals surface area contributed by atoms with E-state index in [4.69, 9.17) is 5.21 Å². The fourth-order valence-corrected chi connectivity index (χ4v) is 4.26. The molecule has 0 amide bonds. The Bertz CT molecular complexity index is 266. The Morgan fingerprint density at radius 2 is 2.31 bits per heavy atom. The monoisotopic (exact) mass is 245 g/mol. The number of fused-ring (bicyclic) bond motifs is 2. The molecule has 3 atom stereocenters. The van der Waals surface area contributed by atoms with Crippen molar-refractivity contribution >= 4 is 21.6 Å². The first-order chi connectivity index (χ1) is 6.08. The maximum Gasteiger partial charge on any atom is 0.0638 e. The summed E-state index contributed by atoms with van der Waals surface area (Å²) in [5.74, 6) is 0.711. The number of hydrogen-bond donors (Lipinski definition) is 1. The summed E-state index contributed by atoms with van der Waals surface area (Å²) in [4.78, 5) is 0. The second-order valence-corrected chi connectivity index (χ2v) is 5.43. The first-order valence-corrected chi connectivity index (χ1v) is 5.98. The molecular formula is C10H16BrNO. The van der Waals surface area contributed by atoms with Gasteiger partial charge in [-0.15, -0.1) is 0 Å². The van der Waals surface area contributed by atoms with E-state index in [9.17, 15) is 0 Å². The van der Waals surface area contributed by atoms with Crippen LogP contribution in [0.25, 0.3) is 0 Å². The predicted molar refractivity (Wildman–Crippen MR) is 56.6 cm³/mol. The molecule has 2 aliphatic carbocycles. The number of halogens is 1. The number of nitrogens with zero attached hydrogens (tertiary/aromatic N) is 1. The minimum absolute atomic E-state index is 0.135. The molecular weight excluding hydrogens is 230 g/mol. The fraction of sp³-hybridized carbons (Fsp3) is 0.900. The summed E-state index contributed by atoms with van der Waals surface area (Å²) < 4.78 is 0. The maximum absolute atomic E-state index is 8.95. The van der Waals surface area contributed by atoms with E-state index in [1.54, 1.807) is 0 Å². The second kappa shape index (κ2) is 2.72. The Kier molecular flexibility index (Phi) is 1.99. The third-order valence-electron chi connectivity index (χ3n) is 4.63. The molecule has 3 heteroatoms. The lowest BCUT2D eigenvalue weighted by molar-refractivity contribution is 0.199. The van der Waals surface area contributed by atoms with E-state index in [1.807, 2.05) is 0 Å². The highest BCUT2D eigenvalue weighted by Crippen LogP contribution is 2.64. The van der Waals surface area contributed by atoms with Gasteiger partial charge in [-0.25, -0.2) is 0 Å². The fourth-order valence-electron chi connectivity index (χ4n) is 3.19. The topological polar surface area (TPSA) is 32.6 Å². The average Bonchev–Trinajstić information content (AvgIpc) is 2.51. The van der Waals surface area contributed by atoms with Gasteiger partial charge in [-0.05, 0) is 30.6 Å². The van der Waals surface area contributed by atoms with Gasteiger partial charge in [-0.2, -0.15) is 0 Å². The van der Waals surface area contributed by atoms with Crippen LogP contribution in [0.2, 0.25) is 0 Å². The maximum atomic E-state index is 8.95. The first kappa shape index (κ1) is 9.50. The summed E-state index contributed by atoms with van der Waals surface area (Å²) in [6, 6.07) is 0. The highest BCUT2D eigenvalue weighted by Gasteiger charge is 2.62. The molecule has 13 heavy (non-hydrogen) atoms. The lowest BCUT2D eigenvalue weighted by atomic mass is 9.70. The summed E-state index contributed by atoms with van der Waals surface area (Å²) in [7, 11) is 0. The lowest BCUT2D eigenvalue weighted by Gasteiger charge is -2.36. The smallest absolute Gasteiger partial charge is 0.0638 e. The second-order valence-electron chi connectivity index (χ2n) is 4.87. The molecule has 0 radical (unpaired) electrons. The lowest BCUT2D eigenvalue weighted by Crippen LogP contribution is -2.36. The molecule has 2 nitrogen and oxygen atoms in total. The molecule has 0 aromatic rings. The summed E-state index contributed by atoms with van der Waals surface area (Å²) in [6.07, 6.45) is 3.46. The molecule has 2 saturated carbocycles. The molecule has 2 aliphatic rings. The van der Waals surface area contributed by atoms with Gasteiger partial charge in [0.15, 0.2) is 0 Å². The summed E-state index contributed by atoms with van der Waals surface area (Å²) in [5.41, 5.74) is 1.45. The van der Waals surface area contributed by atoms with Crippen LogP contribution in [0.5, 0.6) is 0 Å². The predicted octanol–water partition coefficient (Wildman–Crippen LogP) is 3.04. The molecule has 2 fully saturated rings. The van der Waals surface area contributed by atoms with Crippen molar-refractivity contribution in [2.75, 3.05) is 5.33 Å². The van der Waals surface area contributed by atoms with Crippen LogP contribution in [0.1, 0.15) is 33.1 Å².